The van der Waals surface area contributed by atoms with Crippen LogP contribution in [0.3, 0.4) is 0 Å². The topological polar surface area (TPSA) is 79.1 Å². The highest BCUT2D eigenvalue weighted by Gasteiger charge is 2.17. The number of hydrogen-bond donors (Lipinski definition) is 3. The lowest BCUT2D eigenvalue weighted by Gasteiger charge is -2.29. The Morgan fingerprint density at radius 1 is 1.50 bits per heavy atom. The minimum atomic E-state index is -0.457. The zero-order valence-electron chi connectivity index (χ0n) is 10.5. The van der Waals surface area contributed by atoms with Gasteiger partial charge in [0.2, 0.25) is 5.95 Å². The number of nitrogens with zero attached hydrogens (tertiary/aromatic N) is 3. The fourth-order valence-corrected chi connectivity index (χ4v) is 2.07. The van der Waals surface area contributed by atoms with Gasteiger partial charge in [0.15, 0.2) is 11.6 Å². The maximum Gasteiger partial charge on any atom is 0.239 e. The van der Waals surface area contributed by atoms with Gasteiger partial charge in [-0.1, -0.05) is 0 Å². The van der Waals surface area contributed by atoms with Crippen molar-refractivity contribution in [3.63, 3.8) is 0 Å². The maximum absolute atomic E-state index is 13.5. The van der Waals surface area contributed by atoms with Gasteiger partial charge in [0.25, 0.3) is 0 Å². The molecule has 100 valence electrons. The second-order valence-corrected chi connectivity index (χ2v) is 4.66. The average molecular weight is 254 g/mol. The van der Waals surface area contributed by atoms with Crippen LogP contribution in [0.4, 0.5) is 16.2 Å². The van der Waals surface area contributed by atoms with Gasteiger partial charge in [0.05, 0.1) is 6.20 Å². The van der Waals surface area contributed by atoms with Gasteiger partial charge in [-0.2, -0.15) is 4.98 Å². The normalized spacial score (nSPS) is 17.7. The zero-order valence-corrected chi connectivity index (χ0v) is 10.5. The van der Waals surface area contributed by atoms with Gasteiger partial charge in [-0.3, -0.25) is 5.43 Å². The molecule has 0 amide bonds. The van der Waals surface area contributed by atoms with Crippen LogP contribution in [0.5, 0.6) is 0 Å². The van der Waals surface area contributed by atoms with Gasteiger partial charge in [0.1, 0.15) is 0 Å². The molecule has 6 nitrogen and oxygen atoms in total. The number of likely N-dealkylation sites (tertiary alicyclic amines) is 1. The predicted octanol–water partition coefficient (Wildman–Crippen LogP) is 0.655. The predicted molar refractivity (Wildman–Crippen MR) is 68.5 cm³/mol. The number of halogens is 1. The molecule has 1 fully saturated rings. The van der Waals surface area contributed by atoms with E-state index in [0.29, 0.717) is 5.92 Å². The minimum absolute atomic E-state index is 0.205. The molecule has 0 spiro atoms. The van der Waals surface area contributed by atoms with Crippen molar-refractivity contribution in [2.75, 3.05) is 37.4 Å². The van der Waals surface area contributed by atoms with Crippen LogP contribution < -0.4 is 16.6 Å². The second-order valence-electron chi connectivity index (χ2n) is 4.66. The van der Waals surface area contributed by atoms with Crippen molar-refractivity contribution in [1.82, 2.24) is 14.9 Å². The molecule has 1 aliphatic rings. The number of nitrogens with one attached hydrogen (secondary N) is 2. The second kappa shape index (κ2) is 5.92. The zero-order chi connectivity index (χ0) is 13.0. The molecule has 0 unspecified atom stereocenters. The molecule has 1 aliphatic heterocycles. The Kier molecular flexibility index (Phi) is 4.27. The highest BCUT2D eigenvalue weighted by atomic mass is 19.1. The number of nitrogen functional groups attached to an aromatic ring is 1. The standard InChI is InChI=1S/C11H19FN6/c1-18-4-2-8(3-5-18)6-14-10-9(12)7-15-11(16-10)17-13/h7-8H,2-6,13H2,1H3,(H2,14,15,16,17). The summed E-state index contributed by atoms with van der Waals surface area (Å²) < 4.78 is 13.5. The molecule has 0 aromatic carbocycles. The Balaban J connectivity index is 1.89. The van der Waals surface area contributed by atoms with Gasteiger partial charge < -0.3 is 10.2 Å². The Hall–Kier alpha value is -1.47. The lowest BCUT2D eigenvalue weighted by molar-refractivity contribution is 0.226. The van der Waals surface area contributed by atoms with Crippen molar-refractivity contribution in [3.05, 3.63) is 12.0 Å². The summed E-state index contributed by atoms with van der Waals surface area (Å²) >= 11 is 0. The summed E-state index contributed by atoms with van der Waals surface area (Å²) in [5.74, 6) is 5.71. The van der Waals surface area contributed by atoms with Crippen molar-refractivity contribution in [3.8, 4) is 0 Å². The van der Waals surface area contributed by atoms with Crippen LogP contribution in [0.1, 0.15) is 12.8 Å². The molecule has 0 radical (unpaired) electrons. The van der Waals surface area contributed by atoms with Crippen molar-refractivity contribution >= 4 is 11.8 Å². The first kappa shape index (κ1) is 13.0. The molecule has 4 N–H and O–H groups in total. The van der Waals surface area contributed by atoms with E-state index in [4.69, 9.17) is 5.84 Å². The van der Waals surface area contributed by atoms with Crippen molar-refractivity contribution in [2.24, 2.45) is 11.8 Å². The van der Waals surface area contributed by atoms with E-state index >= 15 is 0 Å². The molecule has 2 rings (SSSR count). The fraction of sp³-hybridized carbons (Fsp3) is 0.636. The summed E-state index contributed by atoms with van der Waals surface area (Å²) in [4.78, 5) is 9.94. The molecule has 0 aliphatic carbocycles. The fourth-order valence-electron chi connectivity index (χ4n) is 2.07. The Morgan fingerprint density at radius 3 is 2.89 bits per heavy atom. The first-order valence-corrected chi connectivity index (χ1v) is 6.10. The Labute approximate surface area is 106 Å². The van der Waals surface area contributed by atoms with E-state index in [-0.39, 0.29) is 11.8 Å². The SMILES string of the molecule is CN1CCC(CNc2nc(NN)ncc2F)CC1. The Morgan fingerprint density at radius 2 is 2.22 bits per heavy atom. The average Bonchev–Trinajstić information content (AvgIpc) is 2.40. The van der Waals surface area contributed by atoms with E-state index in [9.17, 15) is 4.39 Å². The van der Waals surface area contributed by atoms with E-state index in [1.807, 2.05) is 0 Å². The largest absolute Gasteiger partial charge is 0.367 e. The molecule has 7 heteroatoms. The summed E-state index contributed by atoms with van der Waals surface area (Å²) in [5, 5.41) is 3.03. The van der Waals surface area contributed by atoms with Crippen LogP contribution in [0.25, 0.3) is 0 Å². The van der Waals surface area contributed by atoms with Crippen LogP contribution >= 0.6 is 0 Å². The van der Waals surface area contributed by atoms with Crippen molar-refractivity contribution in [2.45, 2.75) is 12.8 Å². The van der Waals surface area contributed by atoms with E-state index in [2.05, 4.69) is 32.7 Å². The molecule has 1 aromatic rings. The molecule has 0 saturated carbocycles. The number of piperidine rings is 1. The third-order valence-corrected chi connectivity index (χ3v) is 3.27. The maximum atomic E-state index is 13.5. The monoisotopic (exact) mass is 254 g/mol. The molecular weight excluding hydrogens is 235 g/mol. The lowest BCUT2D eigenvalue weighted by Crippen LogP contribution is -2.33. The van der Waals surface area contributed by atoms with E-state index < -0.39 is 5.82 Å². The van der Waals surface area contributed by atoms with Crippen LogP contribution in [-0.2, 0) is 0 Å². The molecule has 0 atom stereocenters. The molecule has 1 aromatic heterocycles. The number of aromatic nitrogens is 2. The summed E-state index contributed by atoms with van der Waals surface area (Å²) in [5.41, 5.74) is 2.30. The minimum Gasteiger partial charge on any atom is -0.367 e. The van der Waals surface area contributed by atoms with Gasteiger partial charge in [-0.25, -0.2) is 15.2 Å². The van der Waals surface area contributed by atoms with E-state index in [1.54, 1.807) is 0 Å². The van der Waals surface area contributed by atoms with Gasteiger partial charge in [-0.15, -0.1) is 0 Å². The number of rotatable bonds is 4. The third-order valence-electron chi connectivity index (χ3n) is 3.27. The van der Waals surface area contributed by atoms with Crippen LogP contribution in [0.2, 0.25) is 0 Å². The van der Waals surface area contributed by atoms with Crippen LogP contribution in [0.15, 0.2) is 6.20 Å². The van der Waals surface area contributed by atoms with Gasteiger partial charge in [0, 0.05) is 6.54 Å². The number of hydrazine groups is 1. The smallest absolute Gasteiger partial charge is 0.239 e. The summed E-state index contributed by atoms with van der Waals surface area (Å²) in [6.07, 6.45) is 3.36. The van der Waals surface area contributed by atoms with E-state index in [1.165, 1.54) is 0 Å². The molecule has 2 heterocycles. The van der Waals surface area contributed by atoms with Crippen LogP contribution in [-0.4, -0.2) is 41.5 Å². The number of hydrogen-bond acceptors (Lipinski definition) is 6. The van der Waals surface area contributed by atoms with E-state index in [0.717, 1.165) is 38.7 Å². The van der Waals surface area contributed by atoms with Crippen molar-refractivity contribution < 1.29 is 4.39 Å². The summed E-state index contributed by atoms with van der Waals surface area (Å²) in [6, 6.07) is 0. The quantitative estimate of drug-likeness (QED) is 0.541. The number of anilines is 2. The number of nitrogens with two attached hydrogens (primary N) is 1. The molecule has 18 heavy (non-hydrogen) atoms. The highest BCUT2D eigenvalue weighted by Crippen LogP contribution is 2.18. The van der Waals surface area contributed by atoms with Crippen molar-refractivity contribution in [1.29, 1.82) is 0 Å². The van der Waals surface area contributed by atoms with Crippen LogP contribution in [0, 0.1) is 11.7 Å². The first-order valence-electron chi connectivity index (χ1n) is 6.10. The summed E-state index contributed by atoms with van der Waals surface area (Å²) in [6.45, 7) is 2.91. The van der Waals surface area contributed by atoms with Gasteiger partial charge in [-0.05, 0) is 38.9 Å². The third kappa shape index (κ3) is 3.27. The lowest BCUT2D eigenvalue weighted by atomic mass is 9.97. The Bertz CT molecular complexity index is 391. The molecule has 1 saturated heterocycles. The highest BCUT2D eigenvalue weighted by molar-refractivity contribution is 5.40. The summed E-state index contributed by atoms with van der Waals surface area (Å²) in [7, 11) is 2.12. The van der Waals surface area contributed by atoms with Gasteiger partial charge >= 0.3 is 0 Å². The first-order chi connectivity index (χ1) is 8.69. The molecular formula is C11H19FN6. The molecule has 0 bridgehead atoms.